The Morgan fingerprint density at radius 2 is 1.96 bits per heavy atom. The van der Waals surface area contributed by atoms with Crippen LogP contribution >= 0.6 is 0 Å². The second kappa shape index (κ2) is 6.95. The molecule has 0 fully saturated rings. The van der Waals surface area contributed by atoms with Crippen LogP contribution in [0.1, 0.15) is 22.3 Å². The number of hydrogen-bond acceptors (Lipinski definition) is 3. The first-order valence-corrected chi connectivity index (χ1v) is 8.20. The van der Waals surface area contributed by atoms with E-state index in [1.54, 1.807) is 65.5 Å². The van der Waals surface area contributed by atoms with Crippen LogP contribution in [0.5, 0.6) is 0 Å². The van der Waals surface area contributed by atoms with Crippen molar-refractivity contribution < 1.29 is 13.6 Å². The second-order valence-corrected chi connectivity index (χ2v) is 5.87. The van der Waals surface area contributed by atoms with Gasteiger partial charge < -0.3 is 9.72 Å². The Morgan fingerprint density at radius 1 is 1.07 bits per heavy atom. The molecule has 0 saturated carbocycles. The number of pyridine rings is 2. The third-order valence-electron chi connectivity index (χ3n) is 4.07. The van der Waals surface area contributed by atoms with Crippen molar-refractivity contribution in [1.29, 1.82) is 0 Å². The lowest BCUT2D eigenvalue weighted by Crippen LogP contribution is -2.14. The fourth-order valence-corrected chi connectivity index (χ4v) is 2.78. The van der Waals surface area contributed by atoms with Gasteiger partial charge in [0.2, 0.25) is 0 Å². The normalized spacial score (nSPS) is 11.1. The summed E-state index contributed by atoms with van der Waals surface area (Å²) < 4.78 is 27.6. The van der Waals surface area contributed by atoms with E-state index in [-0.39, 0.29) is 11.5 Å². The van der Waals surface area contributed by atoms with Crippen LogP contribution in [0.15, 0.2) is 73.2 Å². The summed E-state index contributed by atoms with van der Waals surface area (Å²) in [4.78, 5) is 21.2. The van der Waals surface area contributed by atoms with Gasteiger partial charge in [0.15, 0.2) is 0 Å². The Labute approximate surface area is 153 Å². The molecule has 27 heavy (non-hydrogen) atoms. The molecule has 1 aromatic carbocycles. The van der Waals surface area contributed by atoms with Crippen LogP contribution in [-0.4, -0.2) is 20.3 Å². The summed E-state index contributed by atoms with van der Waals surface area (Å²) in [7, 11) is 0. The van der Waals surface area contributed by atoms with E-state index in [1.807, 2.05) is 0 Å². The number of carbonyl (C=O) groups is 1. The van der Waals surface area contributed by atoms with Gasteiger partial charge in [0.05, 0.1) is 11.3 Å². The molecule has 0 bridgehead atoms. The minimum atomic E-state index is -2.55. The number of amides is 1. The van der Waals surface area contributed by atoms with E-state index in [0.29, 0.717) is 28.3 Å². The van der Waals surface area contributed by atoms with E-state index < -0.39 is 6.43 Å². The van der Waals surface area contributed by atoms with Gasteiger partial charge >= 0.3 is 0 Å². The Hall–Kier alpha value is -3.61. The molecule has 1 amide bonds. The SMILES string of the molecule is O=C(Nc1ccccn1)c1cccn2cc(-c3cccc(C(F)F)c3)nc12. The third-order valence-corrected chi connectivity index (χ3v) is 4.07. The molecular formula is C20H14F2N4O. The number of benzene rings is 1. The predicted octanol–water partition coefficient (Wildman–Crippen LogP) is 4.59. The first kappa shape index (κ1) is 16.8. The first-order valence-electron chi connectivity index (χ1n) is 8.20. The number of aromatic nitrogens is 3. The molecule has 134 valence electrons. The van der Waals surface area contributed by atoms with Crippen LogP contribution in [-0.2, 0) is 0 Å². The summed E-state index contributed by atoms with van der Waals surface area (Å²) in [5, 5.41) is 2.72. The van der Waals surface area contributed by atoms with E-state index in [9.17, 15) is 13.6 Å². The third kappa shape index (κ3) is 3.39. The van der Waals surface area contributed by atoms with Gasteiger partial charge in [-0.15, -0.1) is 0 Å². The Bertz CT molecular complexity index is 1110. The molecular weight excluding hydrogens is 350 g/mol. The van der Waals surface area contributed by atoms with Gasteiger partial charge in [0.25, 0.3) is 12.3 Å². The van der Waals surface area contributed by atoms with Crippen molar-refractivity contribution in [2.24, 2.45) is 0 Å². The van der Waals surface area contributed by atoms with Gasteiger partial charge in [-0.2, -0.15) is 0 Å². The van der Waals surface area contributed by atoms with Crippen molar-refractivity contribution in [3.8, 4) is 11.3 Å². The standard InChI is InChI=1S/C20H14F2N4O/c21-18(22)14-6-3-5-13(11-14)16-12-26-10-4-7-15(19(26)24-16)20(27)25-17-8-1-2-9-23-17/h1-12,18H,(H,23,25,27). The van der Waals surface area contributed by atoms with Crippen LogP contribution in [0.2, 0.25) is 0 Å². The number of carbonyl (C=O) groups excluding carboxylic acids is 1. The van der Waals surface area contributed by atoms with Crippen LogP contribution < -0.4 is 5.32 Å². The summed E-state index contributed by atoms with van der Waals surface area (Å²) in [5.74, 6) is 0.0821. The number of alkyl halides is 2. The van der Waals surface area contributed by atoms with Crippen LogP contribution in [0.4, 0.5) is 14.6 Å². The van der Waals surface area contributed by atoms with E-state index >= 15 is 0 Å². The second-order valence-electron chi connectivity index (χ2n) is 5.87. The smallest absolute Gasteiger partial charge is 0.263 e. The topological polar surface area (TPSA) is 59.3 Å². The molecule has 4 rings (SSSR count). The molecule has 5 nitrogen and oxygen atoms in total. The molecule has 3 aromatic heterocycles. The highest BCUT2D eigenvalue weighted by Crippen LogP contribution is 2.26. The summed E-state index contributed by atoms with van der Waals surface area (Å²) in [6.07, 6.45) is 2.49. The number of nitrogens with one attached hydrogen (secondary N) is 1. The van der Waals surface area contributed by atoms with Gasteiger partial charge in [0.1, 0.15) is 11.5 Å². The van der Waals surface area contributed by atoms with Crippen LogP contribution in [0.25, 0.3) is 16.9 Å². The van der Waals surface area contributed by atoms with Crippen LogP contribution in [0, 0.1) is 0 Å². The average molecular weight is 364 g/mol. The Morgan fingerprint density at radius 3 is 2.74 bits per heavy atom. The molecule has 3 heterocycles. The zero-order chi connectivity index (χ0) is 18.8. The minimum Gasteiger partial charge on any atom is -0.306 e. The summed E-state index contributed by atoms with van der Waals surface area (Å²) in [6.45, 7) is 0. The maximum atomic E-state index is 13.0. The van der Waals surface area contributed by atoms with E-state index in [1.165, 1.54) is 12.1 Å². The molecule has 7 heteroatoms. The molecule has 0 aliphatic carbocycles. The maximum absolute atomic E-state index is 13.0. The van der Waals surface area contributed by atoms with Crippen molar-refractivity contribution in [2.75, 3.05) is 5.32 Å². The molecule has 0 aliphatic rings. The van der Waals surface area contributed by atoms with Crippen molar-refractivity contribution in [1.82, 2.24) is 14.4 Å². The van der Waals surface area contributed by atoms with Crippen molar-refractivity contribution in [3.05, 3.63) is 84.3 Å². The van der Waals surface area contributed by atoms with E-state index in [4.69, 9.17) is 0 Å². The molecule has 0 radical (unpaired) electrons. The van der Waals surface area contributed by atoms with Crippen molar-refractivity contribution in [3.63, 3.8) is 0 Å². The van der Waals surface area contributed by atoms with E-state index in [0.717, 1.165) is 0 Å². The largest absolute Gasteiger partial charge is 0.306 e. The van der Waals surface area contributed by atoms with Gasteiger partial charge in [-0.05, 0) is 30.3 Å². The van der Waals surface area contributed by atoms with Gasteiger partial charge in [-0.3, -0.25) is 4.79 Å². The van der Waals surface area contributed by atoms with E-state index in [2.05, 4.69) is 15.3 Å². The van der Waals surface area contributed by atoms with Crippen molar-refractivity contribution >= 4 is 17.4 Å². The van der Waals surface area contributed by atoms with Crippen molar-refractivity contribution in [2.45, 2.75) is 6.43 Å². The lowest BCUT2D eigenvalue weighted by Gasteiger charge is -2.05. The quantitative estimate of drug-likeness (QED) is 0.576. The van der Waals surface area contributed by atoms with Crippen LogP contribution in [0.3, 0.4) is 0 Å². The summed E-state index contributed by atoms with van der Waals surface area (Å²) in [5.41, 5.74) is 1.80. The number of fused-ring (bicyclic) bond motifs is 1. The summed E-state index contributed by atoms with van der Waals surface area (Å²) in [6, 6.07) is 14.6. The Balaban J connectivity index is 1.72. The lowest BCUT2D eigenvalue weighted by atomic mass is 10.1. The number of anilines is 1. The summed E-state index contributed by atoms with van der Waals surface area (Å²) >= 11 is 0. The highest BCUT2D eigenvalue weighted by molar-refractivity contribution is 6.08. The monoisotopic (exact) mass is 364 g/mol. The average Bonchev–Trinajstić information content (AvgIpc) is 3.13. The minimum absolute atomic E-state index is 0.0716. The molecule has 0 saturated heterocycles. The number of imidazole rings is 1. The molecule has 0 spiro atoms. The predicted molar refractivity (Wildman–Crippen MR) is 97.8 cm³/mol. The number of halogens is 2. The van der Waals surface area contributed by atoms with Gasteiger partial charge in [-0.25, -0.2) is 18.7 Å². The Kier molecular flexibility index (Phi) is 4.33. The fourth-order valence-electron chi connectivity index (χ4n) is 2.78. The zero-order valence-electron chi connectivity index (χ0n) is 14.0. The van der Waals surface area contributed by atoms with Gasteiger partial charge in [-0.1, -0.05) is 24.3 Å². The fraction of sp³-hybridized carbons (Fsp3) is 0.0500. The molecule has 0 aliphatic heterocycles. The first-order chi connectivity index (χ1) is 13.1. The molecule has 4 aromatic rings. The number of hydrogen-bond donors (Lipinski definition) is 1. The number of nitrogens with zero attached hydrogens (tertiary/aromatic N) is 3. The highest BCUT2D eigenvalue weighted by Gasteiger charge is 2.15. The lowest BCUT2D eigenvalue weighted by molar-refractivity contribution is 0.102. The molecule has 0 atom stereocenters. The molecule has 1 N–H and O–H groups in total. The highest BCUT2D eigenvalue weighted by atomic mass is 19.3. The number of rotatable bonds is 4. The molecule has 0 unspecified atom stereocenters. The maximum Gasteiger partial charge on any atom is 0.263 e. The van der Waals surface area contributed by atoms with Gasteiger partial charge in [0, 0.05) is 29.7 Å². The zero-order valence-corrected chi connectivity index (χ0v) is 14.0.